The average molecular weight is 267 g/mol. The Hall–Kier alpha value is -1.47. The monoisotopic (exact) mass is 266 g/mol. The Bertz CT molecular complexity index is 466. The van der Waals surface area contributed by atoms with Gasteiger partial charge in [-0.15, -0.1) is 0 Å². The van der Waals surface area contributed by atoms with Gasteiger partial charge in [0, 0.05) is 0 Å². The van der Waals surface area contributed by atoms with E-state index in [1.807, 2.05) is 0 Å². The molecule has 0 saturated heterocycles. The Morgan fingerprint density at radius 2 is 2.12 bits per heavy atom. The maximum absolute atomic E-state index is 13.4. The van der Waals surface area contributed by atoms with E-state index in [1.165, 1.54) is 6.92 Å². The topological polar surface area (TPSA) is 87.5 Å². The highest BCUT2D eigenvalue weighted by molar-refractivity contribution is 6.32. The lowest BCUT2D eigenvalue weighted by molar-refractivity contribution is 0.195. The van der Waals surface area contributed by atoms with Gasteiger partial charge in [0.1, 0.15) is 5.69 Å². The summed E-state index contributed by atoms with van der Waals surface area (Å²) in [7, 11) is 0. The first-order valence-electron chi connectivity index (χ1n) is 3.84. The van der Waals surface area contributed by atoms with Crippen molar-refractivity contribution in [2.75, 3.05) is 0 Å². The van der Waals surface area contributed by atoms with Crippen LogP contribution < -0.4 is 5.43 Å². The second-order valence-corrected chi connectivity index (χ2v) is 3.26. The minimum Gasteiger partial charge on any atom is -0.464 e. The van der Waals surface area contributed by atoms with E-state index >= 15 is 0 Å². The molecule has 0 aliphatic rings. The number of aromatic nitrogens is 2. The second kappa shape index (κ2) is 5.04. The number of nitrogens with one attached hydrogen (secondary N) is 1. The lowest BCUT2D eigenvalue weighted by Crippen LogP contribution is -2.17. The summed E-state index contributed by atoms with van der Waals surface area (Å²) < 4.78 is 13.4. The number of hydrazone groups is 1. The van der Waals surface area contributed by atoms with E-state index in [9.17, 15) is 9.18 Å². The molecule has 0 spiro atoms. The smallest absolute Gasteiger partial charge is 0.425 e. The lowest BCUT2D eigenvalue weighted by Gasteiger charge is -2.03. The number of nitrogens with zero attached hydrogens (tertiary/aromatic N) is 3. The van der Waals surface area contributed by atoms with Crippen LogP contribution in [0.15, 0.2) is 5.10 Å². The third kappa shape index (κ3) is 3.01. The number of carboxylic acid groups (broad SMARTS) is 1. The standard InChI is InChI=1S/C7H5Cl2FN4O2/c1-2(13-14-7(15)16)4-3(10)5(8)12-6(9)11-4/h14H,1H3,(H,15,16). The van der Waals surface area contributed by atoms with E-state index in [-0.39, 0.29) is 16.7 Å². The molecule has 0 atom stereocenters. The fourth-order valence-corrected chi connectivity index (χ4v) is 1.20. The molecule has 0 unspecified atom stereocenters. The van der Waals surface area contributed by atoms with Crippen molar-refractivity contribution in [3.63, 3.8) is 0 Å². The summed E-state index contributed by atoms with van der Waals surface area (Å²) in [4.78, 5) is 17.1. The van der Waals surface area contributed by atoms with Crippen LogP contribution in [-0.2, 0) is 0 Å². The summed E-state index contributed by atoms with van der Waals surface area (Å²) >= 11 is 10.9. The van der Waals surface area contributed by atoms with Crippen molar-refractivity contribution >= 4 is 35.0 Å². The van der Waals surface area contributed by atoms with Crippen LogP contribution in [0, 0.1) is 5.82 Å². The molecule has 6 nitrogen and oxygen atoms in total. The largest absolute Gasteiger partial charge is 0.464 e. The van der Waals surface area contributed by atoms with Gasteiger partial charge in [-0.1, -0.05) is 11.6 Å². The molecule has 0 bridgehead atoms. The quantitative estimate of drug-likeness (QED) is 0.371. The molecule has 0 fully saturated rings. The molecule has 0 aliphatic carbocycles. The lowest BCUT2D eigenvalue weighted by atomic mass is 10.3. The van der Waals surface area contributed by atoms with Gasteiger partial charge in [0.2, 0.25) is 5.28 Å². The van der Waals surface area contributed by atoms with E-state index in [0.717, 1.165) is 0 Å². The zero-order valence-corrected chi connectivity index (χ0v) is 9.34. The number of amides is 1. The minimum atomic E-state index is -1.38. The van der Waals surface area contributed by atoms with Gasteiger partial charge in [-0.2, -0.15) is 5.10 Å². The van der Waals surface area contributed by atoms with Crippen molar-refractivity contribution in [1.82, 2.24) is 15.4 Å². The number of carbonyl (C=O) groups is 1. The molecule has 0 saturated carbocycles. The highest BCUT2D eigenvalue weighted by atomic mass is 35.5. The molecule has 1 heterocycles. The van der Waals surface area contributed by atoms with Crippen LogP contribution in [0.2, 0.25) is 10.4 Å². The van der Waals surface area contributed by atoms with Gasteiger partial charge in [-0.25, -0.2) is 24.6 Å². The molecule has 16 heavy (non-hydrogen) atoms. The summed E-state index contributed by atoms with van der Waals surface area (Å²) in [6, 6.07) is 0. The van der Waals surface area contributed by atoms with Crippen LogP contribution in [0.5, 0.6) is 0 Å². The Balaban J connectivity index is 3.12. The molecule has 1 rings (SSSR count). The molecular weight excluding hydrogens is 262 g/mol. The highest BCUT2D eigenvalue weighted by Gasteiger charge is 2.14. The van der Waals surface area contributed by atoms with Crippen molar-refractivity contribution < 1.29 is 14.3 Å². The Kier molecular flexibility index (Phi) is 3.97. The fraction of sp³-hybridized carbons (Fsp3) is 0.143. The van der Waals surface area contributed by atoms with Crippen LogP contribution in [-0.4, -0.2) is 26.9 Å². The normalized spacial score (nSPS) is 11.4. The average Bonchev–Trinajstić information content (AvgIpc) is 2.19. The SMILES string of the molecule is CC(=NNC(=O)O)c1nc(Cl)nc(Cl)c1F. The van der Waals surface area contributed by atoms with Crippen LogP contribution in [0.4, 0.5) is 9.18 Å². The van der Waals surface area contributed by atoms with Gasteiger partial charge in [0.05, 0.1) is 5.71 Å². The molecule has 0 radical (unpaired) electrons. The first kappa shape index (κ1) is 12.6. The van der Waals surface area contributed by atoms with Crippen molar-refractivity contribution in [2.45, 2.75) is 6.92 Å². The van der Waals surface area contributed by atoms with E-state index in [1.54, 1.807) is 5.43 Å². The first-order chi connectivity index (χ1) is 7.41. The van der Waals surface area contributed by atoms with Gasteiger partial charge < -0.3 is 5.11 Å². The van der Waals surface area contributed by atoms with Crippen LogP contribution in [0.3, 0.4) is 0 Å². The zero-order valence-electron chi connectivity index (χ0n) is 7.83. The second-order valence-electron chi connectivity index (χ2n) is 2.56. The molecule has 0 aromatic carbocycles. The maximum Gasteiger partial charge on any atom is 0.425 e. The number of rotatable bonds is 2. The molecule has 1 aromatic heterocycles. The Labute approximate surface area is 99.1 Å². The molecular formula is C7H5Cl2FN4O2. The van der Waals surface area contributed by atoms with Crippen molar-refractivity contribution in [1.29, 1.82) is 0 Å². The molecule has 0 aliphatic heterocycles. The molecule has 1 amide bonds. The third-order valence-electron chi connectivity index (χ3n) is 1.45. The van der Waals surface area contributed by atoms with Gasteiger partial charge in [0.15, 0.2) is 11.0 Å². The van der Waals surface area contributed by atoms with E-state index in [0.29, 0.717) is 0 Å². The molecule has 86 valence electrons. The zero-order chi connectivity index (χ0) is 12.3. The Morgan fingerprint density at radius 3 is 2.69 bits per heavy atom. The number of halogens is 3. The van der Waals surface area contributed by atoms with Gasteiger partial charge in [-0.05, 0) is 18.5 Å². The van der Waals surface area contributed by atoms with Crippen LogP contribution >= 0.6 is 23.2 Å². The summed E-state index contributed by atoms with van der Waals surface area (Å²) in [5, 5.41) is 10.9. The van der Waals surface area contributed by atoms with Gasteiger partial charge in [0.25, 0.3) is 0 Å². The summed E-state index contributed by atoms with van der Waals surface area (Å²) in [5.41, 5.74) is 1.41. The maximum atomic E-state index is 13.4. The Morgan fingerprint density at radius 1 is 1.50 bits per heavy atom. The highest BCUT2D eigenvalue weighted by Crippen LogP contribution is 2.17. The van der Waals surface area contributed by atoms with E-state index in [2.05, 4.69) is 15.1 Å². The molecule has 1 aromatic rings. The summed E-state index contributed by atoms with van der Waals surface area (Å²) in [6.45, 7) is 1.34. The van der Waals surface area contributed by atoms with E-state index in [4.69, 9.17) is 28.3 Å². The van der Waals surface area contributed by atoms with Crippen LogP contribution in [0.1, 0.15) is 12.6 Å². The van der Waals surface area contributed by atoms with Gasteiger partial charge in [-0.3, -0.25) is 0 Å². The first-order valence-corrected chi connectivity index (χ1v) is 4.59. The van der Waals surface area contributed by atoms with Crippen molar-refractivity contribution in [3.05, 3.63) is 21.9 Å². The van der Waals surface area contributed by atoms with Crippen LogP contribution in [0.25, 0.3) is 0 Å². The summed E-state index contributed by atoms with van der Waals surface area (Å²) in [6.07, 6.45) is -1.38. The molecule has 9 heteroatoms. The van der Waals surface area contributed by atoms with Crippen molar-refractivity contribution in [3.8, 4) is 0 Å². The minimum absolute atomic E-state index is 0.0221. The number of hydrogen-bond acceptors (Lipinski definition) is 4. The predicted molar refractivity (Wildman–Crippen MR) is 55.4 cm³/mol. The molecule has 2 N–H and O–H groups in total. The van der Waals surface area contributed by atoms with Gasteiger partial charge >= 0.3 is 6.09 Å². The predicted octanol–water partition coefficient (Wildman–Crippen LogP) is 1.91. The number of hydrogen-bond donors (Lipinski definition) is 2. The summed E-state index contributed by atoms with van der Waals surface area (Å²) in [5.74, 6) is -0.917. The van der Waals surface area contributed by atoms with Crippen molar-refractivity contribution in [2.24, 2.45) is 5.10 Å². The third-order valence-corrected chi connectivity index (χ3v) is 1.86. The fourth-order valence-electron chi connectivity index (χ4n) is 0.818. The van der Waals surface area contributed by atoms with E-state index < -0.39 is 17.1 Å².